The van der Waals surface area contributed by atoms with Gasteiger partial charge < -0.3 is 10.2 Å². The topological polar surface area (TPSA) is 74.6 Å². The summed E-state index contributed by atoms with van der Waals surface area (Å²) < 4.78 is 0. The van der Waals surface area contributed by atoms with Gasteiger partial charge in [-0.3, -0.25) is 9.59 Å². The third-order valence-corrected chi connectivity index (χ3v) is 5.13. The molecule has 0 radical (unpaired) electrons. The number of carbonyl (C=O) groups is 2. The van der Waals surface area contributed by atoms with Gasteiger partial charge in [0.05, 0.1) is 5.92 Å². The molecule has 4 nitrogen and oxygen atoms in total. The largest absolute Gasteiger partial charge is 0.481 e. The highest BCUT2D eigenvalue weighted by Crippen LogP contribution is 2.47. The van der Waals surface area contributed by atoms with Crippen molar-refractivity contribution in [3.8, 4) is 0 Å². The lowest BCUT2D eigenvalue weighted by Crippen LogP contribution is -2.14. The quantitative estimate of drug-likeness (QED) is 0.410. The number of carboxylic acids is 2. The van der Waals surface area contributed by atoms with E-state index in [9.17, 15) is 14.7 Å². The molecule has 0 aromatic heterocycles. The van der Waals surface area contributed by atoms with Gasteiger partial charge in [-0.15, -0.1) is 0 Å². The summed E-state index contributed by atoms with van der Waals surface area (Å²) in [5, 5.41) is 18.0. The fraction of sp³-hybridized carbons (Fsp3) is 0.895. The van der Waals surface area contributed by atoms with Crippen LogP contribution in [0.15, 0.2) is 0 Å². The third-order valence-electron chi connectivity index (χ3n) is 5.13. The molecule has 1 aliphatic rings. The van der Waals surface area contributed by atoms with Crippen LogP contribution < -0.4 is 0 Å². The van der Waals surface area contributed by atoms with Crippen molar-refractivity contribution in [3.63, 3.8) is 0 Å². The van der Waals surface area contributed by atoms with Crippen molar-refractivity contribution in [3.05, 3.63) is 0 Å². The van der Waals surface area contributed by atoms with Crippen molar-refractivity contribution in [1.29, 1.82) is 0 Å². The zero-order valence-electron chi connectivity index (χ0n) is 14.6. The summed E-state index contributed by atoms with van der Waals surface area (Å²) in [7, 11) is 0. The molecular formula is C19H34O4. The highest BCUT2D eigenvalue weighted by atomic mass is 16.4. The summed E-state index contributed by atoms with van der Waals surface area (Å²) in [6.07, 6.45) is 13.2. The van der Waals surface area contributed by atoms with Gasteiger partial charge in [0.25, 0.3) is 0 Å². The van der Waals surface area contributed by atoms with Crippen LogP contribution >= 0.6 is 0 Å². The highest BCUT2D eigenvalue weighted by molar-refractivity contribution is 5.70. The molecule has 0 aliphatic heterocycles. The van der Waals surface area contributed by atoms with Gasteiger partial charge in [0, 0.05) is 6.42 Å². The zero-order valence-corrected chi connectivity index (χ0v) is 14.6. The number of aliphatic carboxylic acids is 2. The summed E-state index contributed by atoms with van der Waals surface area (Å²) in [4.78, 5) is 21.9. The molecule has 2 N–H and O–H groups in total. The SMILES string of the molecule is CCCCCCCCCC(CC1CC1CCCC(=O)O)C(=O)O. The van der Waals surface area contributed by atoms with E-state index in [-0.39, 0.29) is 12.3 Å². The summed E-state index contributed by atoms with van der Waals surface area (Å²) in [6.45, 7) is 2.21. The van der Waals surface area contributed by atoms with Crippen molar-refractivity contribution >= 4 is 11.9 Å². The van der Waals surface area contributed by atoms with Gasteiger partial charge in [0.1, 0.15) is 0 Å². The summed E-state index contributed by atoms with van der Waals surface area (Å²) in [5.74, 6) is -0.475. The van der Waals surface area contributed by atoms with Gasteiger partial charge in [-0.25, -0.2) is 0 Å². The van der Waals surface area contributed by atoms with E-state index < -0.39 is 11.9 Å². The molecule has 1 saturated carbocycles. The van der Waals surface area contributed by atoms with Crippen molar-refractivity contribution in [2.75, 3.05) is 0 Å². The van der Waals surface area contributed by atoms with E-state index in [1.807, 2.05) is 0 Å². The second-order valence-electron chi connectivity index (χ2n) is 7.22. The van der Waals surface area contributed by atoms with Crippen LogP contribution in [0.25, 0.3) is 0 Å². The minimum Gasteiger partial charge on any atom is -0.481 e. The predicted molar refractivity (Wildman–Crippen MR) is 91.4 cm³/mol. The first-order valence-electron chi connectivity index (χ1n) is 9.49. The van der Waals surface area contributed by atoms with Gasteiger partial charge in [-0.05, 0) is 43.9 Å². The standard InChI is InChI=1S/C19H34O4/c1-2-3-4-5-6-7-8-10-16(19(22)23)14-17-13-15(17)11-9-12-18(20)21/h15-17H,2-14H2,1H3,(H,20,21)(H,22,23). The second kappa shape index (κ2) is 11.5. The Kier molecular flexibility index (Phi) is 9.97. The fourth-order valence-electron chi connectivity index (χ4n) is 3.52. The van der Waals surface area contributed by atoms with Gasteiger partial charge in [-0.2, -0.15) is 0 Å². The van der Waals surface area contributed by atoms with Crippen LogP contribution in [0.1, 0.15) is 90.4 Å². The van der Waals surface area contributed by atoms with E-state index in [2.05, 4.69) is 6.92 Å². The molecule has 1 aliphatic carbocycles. The van der Waals surface area contributed by atoms with E-state index >= 15 is 0 Å². The van der Waals surface area contributed by atoms with E-state index in [0.29, 0.717) is 11.8 Å². The van der Waals surface area contributed by atoms with Crippen molar-refractivity contribution < 1.29 is 19.8 Å². The maximum atomic E-state index is 11.4. The molecule has 3 atom stereocenters. The maximum absolute atomic E-state index is 11.4. The van der Waals surface area contributed by atoms with E-state index in [4.69, 9.17) is 5.11 Å². The molecule has 0 spiro atoms. The number of hydrogen-bond acceptors (Lipinski definition) is 2. The molecule has 0 saturated heterocycles. The smallest absolute Gasteiger partial charge is 0.306 e. The predicted octanol–water partition coefficient (Wildman–Crippen LogP) is 5.11. The lowest BCUT2D eigenvalue weighted by molar-refractivity contribution is -0.142. The van der Waals surface area contributed by atoms with E-state index in [0.717, 1.165) is 44.9 Å². The first kappa shape index (κ1) is 20.0. The zero-order chi connectivity index (χ0) is 17.1. The van der Waals surface area contributed by atoms with Crippen LogP contribution in [-0.2, 0) is 9.59 Å². The van der Waals surface area contributed by atoms with Crippen LogP contribution in [-0.4, -0.2) is 22.2 Å². The molecule has 134 valence electrons. The Hall–Kier alpha value is -1.06. The fourth-order valence-corrected chi connectivity index (χ4v) is 3.52. The number of rotatable bonds is 15. The van der Waals surface area contributed by atoms with Crippen LogP contribution in [0.5, 0.6) is 0 Å². The average molecular weight is 326 g/mol. The van der Waals surface area contributed by atoms with E-state index in [1.54, 1.807) is 0 Å². The average Bonchev–Trinajstić information content (AvgIpc) is 3.22. The van der Waals surface area contributed by atoms with Gasteiger partial charge >= 0.3 is 11.9 Å². The molecular weight excluding hydrogens is 292 g/mol. The summed E-state index contributed by atoms with van der Waals surface area (Å²) in [5.41, 5.74) is 0. The number of carboxylic acid groups (broad SMARTS) is 2. The van der Waals surface area contributed by atoms with Crippen LogP contribution in [0.4, 0.5) is 0 Å². The minimum atomic E-state index is -0.732. The number of hydrogen-bond donors (Lipinski definition) is 2. The monoisotopic (exact) mass is 326 g/mol. The highest BCUT2D eigenvalue weighted by Gasteiger charge is 2.39. The Balaban J connectivity index is 2.09. The molecule has 0 aromatic rings. The van der Waals surface area contributed by atoms with Crippen molar-refractivity contribution in [2.45, 2.75) is 90.4 Å². The minimum absolute atomic E-state index is 0.194. The molecule has 3 unspecified atom stereocenters. The molecule has 1 fully saturated rings. The molecule has 1 rings (SSSR count). The maximum Gasteiger partial charge on any atom is 0.306 e. The molecule has 0 aromatic carbocycles. The second-order valence-corrected chi connectivity index (χ2v) is 7.22. The van der Waals surface area contributed by atoms with Gasteiger partial charge in [0.15, 0.2) is 0 Å². The normalized spacial score (nSPS) is 21.1. The Bertz CT molecular complexity index is 353. The van der Waals surface area contributed by atoms with Crippen LogP contribution in [0, 0.1) is 17.8 Å². The van der Waals surface area contributed by atoms with Gasteiger partial charge in [0.2, 0.25) is 0 Å². The Morgan fingerprint density at radius 3 is 2.22 bits per heavy atom. The van der Waals surface area contributed by atoms with Crippen molar-refractivity contribution in [1.82, 2.24) is 0 Å². The van der Waals surface area contributed by atoms with Crippen LogP contribution in [0.3, 0.4) is 0 Å². The Morgan fingerprint density at radius 2 is 1.61 bits per heavy atom. The molecule has 0 heterocycles. The Morgan fingerprint density at radius 1 is 0.957 bits per heavy atom. The first-order chi connectivity index (χ1) is 11.0. The lowest BCUT2D eigenvalue weighted by atomic mass is 9.94. The first-order valence-corrected chi connectivity index (χ1v) is 9.49. The molecule has 0 bridgehead atoms. The van der Waals surface area contributed by atoms with E-state index in [1.165, 1.54) is 32.1 Å². The third kappa shape index (κ3) is 9.62. The van der Waals surface area contributed by atoms with Crippen molar-refractivity contribution in [2.24, 2.45) is 17.8 Å². The number of unbranched alkanes of at least 4 members (excludes halogenated alkanes) is 6. The van der Waals surface area contributed by atoms with Crippen LogP contribution in [0.2, 0.25) is 0 Å². The molecule has 4 heteroatoms. The Labute approximate surface area is 140 Å². The lowest BCUT2D eigenvalue weighted by Gasteiger charge is -2.12. The van der Waals surface area contributed by atoms with Gasteiger partial charge in [-0.1, -0.05) is 51.9 Å². The molecule has 0 amide bonds. The molecule has 23 heavy (non-hydrogen) atoms. The summed E-state index contributed by atoms with van der Waals surface area (Å²) in [6, 6.07) is 0. The summed E-state index contributed by atoms with van der Waals surface area (Å²) >= 11 is 0.